The van der Waals surface area contributed by atoms with E-state index in [0.29, 0.717) is 11.4 Å². The first-order valence-electron chi connectivity index (χ1n) is 8.80. The van der Waals surface area contributed by atoms with Gasteiger partial charge in [0, 0.05) is 38.5 Å². The molecule has 1 aromatic rings. The number of nitrogens with zero attached hydrogens (tertiary/aromatic N) is 3. The third-order valence-electron chi connectivity index (χ3n) is 5.18. The molecule has 2 aliphatic rings. The predicted octanol–water partition coefficient (Wildman–Crippen LogP) is 1.01. The molecular formula is C17H28ClN5O2S. The molecule has 2 heterocycles. The quantitative estimate of drug-likeness (QED) is 0.788. The Morgan fingerprint density at radius 2 is 2.12 bits per heavy atom. The summed E-state index contributed by atoms with van der Waals surface area (Å²) in [6, 6.07) is -0.354. The summed E-state index contributed by atoms with van der Waals surface area (Å²) < 4.78 is 0. The molecule has 2 amide bonds. The minimum absolute atomic E-state index is 0. The van der Waals surface area contributed by atoms with Crippen molar-refractivity contribution in [2.24, 2.45) is 5.73 Å². The minimum Gasteiger partial charge on any atom is -0.347 e. The van der Waals surface area contributed by atoms with Crippen LogP contribution in [0.3, 0.4) is 0 Å². The van der Waals surface area contributed by atoms with E-state index in [1.165, 1.54) is 16.2 Å². The van der Waals surface area contributed by atoms with Crippen LogP contribution >= 0.6 is 23.7 Å². The summed E-state index contributed by atoms with van der Waals surface area (Å²) in [6.07, 6.45) is 4.05. The van der Waals surface area contributed by atoms with Crippen molar-refractivity contribution in [1.82, 2.24) is 20.1 Å². The highest BCUT2D eigenvalue weighted by Gasteiger charge is 2.45. The Morgan fingerprint density at radius 3 is 2.81 bits per heavy atom. The highest BCUT2D eigenvalue weighted by molar-refractivity contribution is 7.13. The van der Waals surface area contributed by atoms with Crippen LogP contribution in [-0.4, -0.2) is 65.9 Å². The fourth-order valence-corrected chi connectivity index (χ4v) is 4.80. The lowest BCUT2D eigenvalue weighted by Crippen LogP contribution is -2.67. The number of likely N-dealkylation sites (N-methyl/N-ethyl adjacent to an activating group) is 2. The highest BCUT2D eigenvalue weighted by atomic mass is 35.5. The molecule has 1 saturated carbocycles. The standard InChI is InChI=1S/C17H27N5O2S.ClH/c1-21(2)16(24)17(18)8-5-4-6-13(17)20-14(23)15-19-11-7-9-22(3)10-12(11)25-15;/h13H,4-10,18H2,1-3H3,(H,20,23);1H. The monoisotopic (exact) mass is 401 g/mol. The van der Waals surface area contributed by atoms with Crippen LogP contribution in [0.5, 0.6) is 0 Å². The molecule has 1 aliphatic heterocycles. The van der Waals surface area contributed by atoms with Crippen molar-refractivity contribution in [2.45, 2.75) is 50.2 Å². The summed E-state index contributed by atoms with van der Waals surface area (Å²) in [6.45, 7) is 1.80. The molecule has 0 bridgehead atoms. The number of nitrogens with one attached hydrogen (secondary N) is 1. The maximum absolute atomic E-state index is 12.7. The maximum atomic E-state index is 12.7. The Labute approximate surface area is 164 Å². The number of hydrogen-bond acceptors (Lipinski definition) is 6. The zero-order chi connectivity index (χ0) is 18.2. The van der Waals surface area contributed by atoms with Gasteiger partial charge in [-0.2, -0.15) is 0 Å². The van der Waals surface area contributed by atoms with Gasteiger partial charge in [0.2, 0.25) is 5.91 Å². The second kappa shape index (κ2) is 8.21. The third-order valence-corrected chi connectivity index (χ3v) is 6.26. The molecule has 9 heteroatoms. The van der Waals surface area contributed by atoms with Gasteiger partial charge in [0.25, 0.3) is 5.91 Å². The van der Waals surface area contributed by atoms with Crippen molar-refractivity contribution < 1.29 is 9.59 Å². The van der Waals surface area contributed by atoms with E-state index in [2.05, 4.69) is 22.2 Å². The van der Waals surface area contributed by atoms with Crippen LogP contribution in [0.2, 0.25) is 0 Å². The molecule has 0 saturated heterocycles. The van der Waals surface area contributed by atoms with Gasteiger partial charge >= 0.3 is 0 Å². The normalized spacial score (nSPS) is 25.8. The first-order chi connectivity index (χ1) is 11.8. The third kappa shape index (κ3) is 4.03. The van der Waals surface area contributed by atoms with Crippen LogP contribution in [0, 0.1) is 0 Å². The fourth-order valence-electron chi connectivity index (χ4n) is 3.71. The molecule has 1 aliphatic carbocycles. The second-order valence-electron chi connectivity index (χ2n) is 7.39. The summed E-state index contributed by atoms with van der Waals surface area (Å²) in [5, 5.41) is 3.48. The number of aromatic nitrogens is 1. The molecule has 1 aromatic heterocycles. The van der Waals surface area contributed by atoms with E-state index in [9.17, 15) is 9.59 Å². The van der Waals surface area contributed by atoms with Gasteiger partial charge in [-0.15, -0.1) is 23.7 Å². The van der Waals surface area contributed by atoms with E-state index >= 15 is 0 Å². The Bertz CT molecular complexity index is 680. The van der Waals surface area contributed by atoms with Crippen molar-refractivity contribution in [2.75, 3.05) is 27.7 Å². The molecule has 0 radical (unpaired) electrons. The predicted molar refractivity (Wildman–Crippen MR) is 105 cm³/mol. The van der Waals surface area contributed by atoms with Crippen LogP contribution < -0.4 is 11.1 Å². The number of hydrogen-bond donors (Lipinski definition) is 2. The lowest BCUT2D eigenvalue weighted by molar-refractivity contribution is -0.136. The maximum Gasteiger partial charge on any atom is 0.280 e. The minimum atomic E-state index is -1.03. The lowest BCUT2D eigenvalue weighted by atomic mass is 9.77. The molecule has 3 N–H and O–H groups in total. The summed E-state index contributed by atoms with van der Waals surface area (Å²) in [7, 11) is 5.48. The molecule has 2 unspecified atom stereocenters. The summed E-state index contributed by atoms with van der Waals surface area (Å²) in [5.41, 5.74) is 6.45. The van der Waals surface area contributed by atoms with Crippen molar-refractivity contribution in [1.29, 1.82) is 0 Å². The average Bonchev–Trinajstić information content (AvgIpc) is 2.99. The largest absolute Gasteiger partial charge is 0.347 e. The number of halogens is 1. The van der Waals surface area contributed by atoms with E-state index in [4.69, 9.17) is 5.73 Å². The summed E-state index contributed by atoms with van der Waals surface area (Å²) >= 11 is 1.45. The molecule has 26 heavy (non-hydrogen) atoms. The van der Waals surface area contributed by atoms with Crippen molar-refractivity contribution >= 4 is 35.6 Å². The molecule has 146 valence electrons. The van der Waals surface area contributed by atoms with Gasteiger partial charge in [-0.05, 0) is 19.9 Å². The van der Waals surface area contributed by atoms with Crippen molar-refractivity contribution in [3.8, 4) is 0 Å². The van der Waals surface area contributed by atoms with Gasteiger partial charge in [0.15, 0.2) is 5.01 Å². The van der Waals surface area contributed by atoms with Crippen molar-refractivity contribution in [3.05, 3.63) is 15.6 Å². The first-order valence-corrected chi connectivity index (χ1v) is 9.61. The Balaban J connectivity index is 0.00000243. The number of thiazole rings is 1. The number of nitrogens with two attached hydrogens (primary N) is 1. The van der Waals surface area contributed by atoms with Gasteiger partial charge in [0.05, 0.1) is 11.7 Å². The molecule has 1 fully saturated rings. The van der Waals surface area contributed by atoms with E-state index in [1.807, 2.05) is 0 Å². The Kier molecular flexibility index (Phi) is 6.65. The van der Waals surface area contributed by atoms with E-state index in [-0.39, 0.29) is 30.3 Å². The molecule has 3 rings (SSSR count). The van der Waals surface area contributed by atoms with E-state index < -0.39 is 5.54 Å². The van der Waals surface area contributed by atoms with Gasteiger partial charge in [-0.1, -0.05) is 12.8 Å². The molecule has 0 aromatic carbocycles. The Morgan fingerprint density at radius 1 is 1.38 bits per heavy atom. The molecule has 7 nitrogen and oxygen atoms in total. The number of rotatable bonds is 3. The fraction of sp³-hybridized carbons (Fsp3) is 0.706. The van der Waals surface area contributed by atoms with Crippen LogP contribution in [0.25, 0.3) is 0 Å². The van der Waals surface area contributed by atoms with Gasteiger partial charge in [0.1, 0.15) is 5.54 Å². The first kappa shape index (κ1) is 21.1. The molecule has 0 spiro atoms. The zero-order valence-corrected chi connectivity index (χ0v) is 17.2. The van der Waals surface area contributed by atoms with Crippen LogP contribution in [-0.2, 0) is 17.8 Å². The van der Waals surface area contributed by atoms with E-state index in [0.717, 1.165) is 49.3 Å². The Hall–Kier alpha value is -1.22. The molecular weight excluding hydrogens is 374 g/mol. The highest BCUT2D eigenvalue weighted by Crippen LogP contribution is 2.29. The van der Waals surface area contributed by atoms with Crippen LogP contribution in [0.15, 0.2) is 0 Å². The topological polar surface area (TPSA) is 91.6 Å². The van der Waals surface area contributed by atoms with E-state index in [1.54, 1.807) is 14.1 Å². The number of carbonyl (C=O) groups is 2. The molecule has 2 atom stereocenters. The number of carbonyl (C=O) groups excluding carboxylic acids is 2. The SMILES string of the molecule is CN1CCc2nc(C(=O)NC3CCCCC3(N)C(=O)N(C)C)sc2C1.Cl. The second-order valence-corrected chi connectivity index (χ2v) is 8.47. The van der Waals surface area contributed by atoms with Crippen LogP contribution in [0.4, 0.5) is 0 Å². The van der Waals surface area contributed by atoms with Gasteiger partial charge in [-0.25, -0.2) is 4.98 Å². The number of fused-ring (bicyclic) bond motifs is 1. The van der Waals surface area contributed by atoms with Gasteiger partial charge in [-0.3, -0.25) is 9.59 Å². The summed E-state index contributed by atoms with van der Waals surface area (Å²) in [5.74, 6) is -0.340. The zero-order valence-electron chi connectivity index (χ0n) is 15.6. The van der Waals surface area contributed by atoms with Crippen molar-refractivity contribution in [3.63, 3.8) is 0 Å². The number of amides is 2. The average molecular weight is 402 g/mol. The summed E-state index contributed by atoms with van der Waals surface area (Å²) in [4.78, 5) is 34.7. The van der Waals surface area contributed by atoms with Gasteiger partial charge < -0.3 is 20.9 Å². The van der Waals surface area contributed by atoms with Crippen LogP contribution in [0.1, 0.15) is 46.1 Å². The lowest BCUT2D eigenvalue weighted by Gasteiger charge is -2.41. The smallest absolute Gasteiger partial charge is 0.280 e.